The van der Waals surface area contributed by atoms with Gasteiger partial charge in [-0.3, -0.25) is 9.36 Å². The van der Waals surface area contributed by atoms with E-state index in [0.29, 0.717) is 26.5 Å². The summed E-state index contributed by atoms with van der Waals surface area (Å²) in [5.41, 5.74) is 6.12. The van der Waals surface area contributed by atoms with Gasteiger partial charge in [0.15, 0.2) is 4.80 Å². The van der Waals surface area contributed by atoms with Crippen LogP contribution in [0.1, 0.15) is 78.1 Å². The van der Waals surface area contributed by atoms with E-state index in [1.165, 1.54) is 11.3 Å². The molecule has 5 rings (SSSR count). The average Bonchev–Trinajstić information content (AvgIpc) is 3.41. The van der Waals surface area contributed by atoms with Gasteiger partial charge in [0, 0.05) is 17.1 Å². The molecule has 2 aromatic carbocycles. The van der Waals surface area contributed by atoms with Crippen LogP contribution in [0.15, 0.2) is 75.7 Å². The van der Waals surface area contributed by atoms with E-state index < -0.39 is 18.0 Å². The molecule has 2 aromatic heterocycles. The van der Waals surface area contributed by atoms with Crippen LogP contribution in [0, 0.1) is 13.8 Å². The molecule has 42 heavy (non-hydrogen) atoms. The van der Waals surface area contributed by atoms with E-state index in [1.807, 2.05) is 60.9 Å². The molecule has 0 amide bonds. The molecular weight excluding hydrogens is 550 g/mol. The Morgan fingerprint density at radius 2 is 1.81 bits per heavy atom. The predicted molar refractivity (Wildman–Crippen MR) is 163 cm³/mol. The van der Waals surface area contributed by atoms with Crippen molar-refractivity contribution in [2.75, 3.05) is 6.61 Å². The van der Waals surface area contributed by atoms with E-state index in [-0.39, 0.29) is 17.7 Å². The van der Waals surface area contributed by atoms with E-state index in [2.05, 4.69) is 18.8 Å². The highest BCUT2D eigenvalue weighted by Crippen LogP contribution is 2.31. The molecule has 8 nitrogen and oxygen atoms in total. The number of esters is 1. The Kier molecular flexibility index (Phi) is 7.88. The third kappa shape index (κ3) is 5.16. The molecule has 0 unspecified atom stereocenters. The van der Waals surface area contributed by atoms with Crippen LogP contribution in [0.25, 0.3) is 11.8 Å². The number of ether oxygens (including phenoxy) is 1. The summed E-state index contributed by atoms with van der Waals surface area (Å²) in [6.45, 7) is 11.9. The fraction of sp³-hybridized carbons (Fsp3) is 0.273. The van der Waals surface area contributed by atoms with Gasteiger partial charge in [-0.05, 0) is 80.6 Å². The monoisotopic (exact) mass is 583 g/mol. The summed E-state index contributed by atoms with van der Waals surface area (Å²) in [5.74, 6) is -1.14. The lowest BCUT2D eigenvalue weighted by molar-refractivity contribution is -0.139. The van der Waals surface area contributed by atoms with Gasteiger partial charge in [0.05, 0.1) is 34.0 Å². The van der Waals surface area contributed by atoms with E-state index in [4.69, 9.17) is 4.74 Å². The van der Waals surface area contributed by atoms with Crippen molar-refractivity contribution in [1.82, 2.24) is 9.13 Å². The molecule has 1 N–H and O–H groups in total. The van der Waals surface area contributed by atoms with Gasteiger partial charge in [-0.2, -0.15) is 0 Å². The number of carbonyl (C=O) groups excluding carboxylic acids is 1. The zero-order valence-electron chi connectivity index (χ0n) is 24.5. The van der Waals surface area contributed by atoms with Gasteiger partial charge in [-0.15, -0.1) is 0 Å². The highest BCUT2D eigenvalue weighted by Gasteiger charge is 2.33. The zero-order valence-corrected chi connectivity index (χ0v) is 25.3. The molecule has 216 valence electrons. The molecule has 4 aromatic rings. The average molecular weight is 584 g/mol. The van der Waals surface area contributed by atoms with E-state index in [0.717, 1.165) is 33.8 Å². The Morgan fingerprint density at radius 3 is 2.45 bits per heavy atom. The summed E-state index contributed by atoms with van der Waals surface area (Å²) < 4.78 is 9.45. The Hall–Kier alpha value is -4.50. The molecule has 1 aliphatic rings. The first-order valence-corrected chi connectivity index (χ1v) is 14.7. The van der Waals surface area contributed by atoms with Crippen molar-refractivity contribution in [1.29, 1.82) is 0 Å². The van der Waals surface area contributed by atoms with Gasteiger partial charge in [-0.1, -0.05) is 55.5 Å². The smallest absolute Gasteiger partial charge is 0.338 e. The van der Waals surface area contributed by atoms with Crippen molar-refractivity contribution >= 4 is 29.4 Å². The number of hydrogen-bond donors (Lipinski definition) is 1. The number of aryl methyl sites for hydroxylation is 1. The minimum absolute atomic E-state index is 0.198. The van der Waals surface area contributed by atoms with Crippen molar-refractivity contribution in [3.8, 4) is 5.69 Å². The molecule has 0 fully saturated rings. The summed E-state index contributed by atoms with van der Waals surface area (Å²) in [5, 5.41) is 9.46. The number of aromatic carboxylic acids is 1. The lowest BCUT2D eigenvalue weighted by atomic mass is 9.93. The summed E-state index contributed by atoms with van der Waals surface area (Å²) >= 11 is 1.28. The molecule has 0 bridgehead atoms. The van der Waals surface area contributed by atoms with Crippen LogP contribution >= 0.6 is 11.3 Å². The number of allylic oxidation sites excluding steroid dienone is 1. The van der Waals surface area contributed by atoms with E-state index in [1.54, 1.807) is 36.6 Å². The minimum Gasteiger partial charge on any atom is -0.478 e. The fourth-order valence-electron chi connectivity index (χ4n) is 5.42. The Bertz CT molecular complexity index is 1920. The van der Waals surface area contributed by atoms with Crippen molar-refractivity contribution in [2.24, 2.45) is 4.99 Å². The number of carbonyl (C=O) groups is 2. The van der Waals surface area contributed by atoms with Gasteiger partial charge in [0.25, 0.3) is 5.56 Å². The quantitative estimate of drug-likeness (QED) is 0.308. The van der Waals surface area contributed by atoms with Gasteiger partial charge in [0.2, 0.25) is 0 Å². The second-order valence-corrected chi connectivity index (χ2v) is 11.7. The summed E-state index contributed by atoms with van der Waals surface area (Å²) in [6, 6.07) is 16.0. The van der Waals surface area contributed by atoms with E-state index >= 15 is 0 Å². The van der Waals surface area contributed by atoms with Crippen LogP contribution in [0.5, 0.6) is 0 Å². The predicted octanol–water partition coefficient (Wildman–Crippen LogP) is 5.03. The lowest BCUT2D eigenvalue weighted by Gasteiger charge is -2.25. The molecule has 9 heteroatoms. The van der Waals surface area contributed by atoms with Crippen molar-refractivity contribution in [3.05, 3.63) is 119 Å². The number of nitrogens with zero attached hydrogens (tertiary/aromatic N) is 3. The van der Waals surface area contributed by atoms with Crippen LogP contribution in [0.2, 0.25) is 0 Å². The molecule has 0 spiro atoms. The fourth-order valence-corrected chi connectivity index (χ4v) is 6.46. The number of carboxylic acids is 1. The number of benzene rings is 2. The third-order valence-electron chi connectivity index (χ3n) is 7.54. The minimum atomic E-state index is -0.994. The van der Waals surface area contributed by atoms with E-state index in [9.17, 15) is 19.5 Å². The van der Waals surface area contributed by atoms with Crippen molar-refractivity contribution in [2.45, 2.75) is 53.5 Å². The lowest BCUT2D eigenvalue weighted by Crippen LogP contribution is -2.39. The first-order chi connectivity index (χ1) is 20.0. The molecule has 0 saturated carbocycles. The SMILES string of the molecule is CCOC(=O)C1=C(C)N=c2s/c(=C\c3cc(C)n(-c4cccc(C(=O)O)c4)c3C)c(=O)n2[C@H]1c1ccc(C(C)C)cc1. The van der Waals surface area contributed by atoms with Crippen LogP contribution in [-0.4, -0.2) is 32.8 Å². The number of fused-ring (bicyclic) bond motifs is 1. The maximum absolute atomic E-state index is 14.0. The standard InChI is InChI=1S/C33H33N3O5S/c1-7-41-32(40)28-20(5)34-33-36(29(28)23-13-11-22(12-14-23)18(2)3)30(37)27(42-33)17-25-15-19(4)35(21(25)6)26-10-8-9-24(16-26)31(38)39/h8-18,29H,7H2,1-6H3,(H,38,39)/b27-17-/t29-/m0/s1. The summed E-state index contributed by atoms with van der Waals surface area (Å²) in [6.07, 6.45) is 1.84. The Labute approximate surface area is 247 Å². The molecule has 0 radical (unpaired) electrons. The summed E-state index contributed by atoms with van der Waals surface area (Å²) in [7, 11) is 0. The second-order valence-electron chi connectivity index (χ2n) is 10.6. The van der Waals surface area contributed by atoms with Crippen LogP contribution in [-0.2, 0) is 9.53 Å². The van der Waals surface area contributed by atoms with Gasteiger partial charge in [0.1, 0.15) is 0 Å². The highest BCUT2D eigenvalue weighted by atomic mass is 32.1. The molecule has 3 heterocycles. The second kappa shape index (κ2) is 11.4. The first kappa shape index (κ1) is 29.0. The number of carboxylic acid groups (broad SMARTS) is 1. The van der Waals surface area contributed by atoms with Crippen molar-refractivity contribution < 1.29 is 19.4 Å². The number of thiazole rings is 1. The normalized spacial score (nSPS) is 15.1. The van der Waals surface area contributed by atoms with Gasteiger partial charge < -0.3 is 14.4 Å². The molecule has 0 saturated heterocycles. The van der Waals surface area contributed by atoms with Crippen LogP contribution in [0.4, 0.5) is 0 Å². The topological polar surface area (TPSA) is 103 Å². The highest BCUT2D eigenvalue weighted by molar-refractivity contribution is 7.07. The third-order valence-corrected chi connectivity index (χ3v) is 8.53. The van der Waals surface area contributed by atoms with Crippen LogP contribution < -0.4 is 14.9 Å². The number of aromatic nitrogens is 2. The number of rotatable bonds is 7. The number of hydrogen-bond acceptors (Lipinski definition) is 6. The van der Waals surface area contributed by atoms with Crippen molar-refractivity contribution in [3.63, 3.8) is 0 Å². The molecular formula is C33H33N3O5S. The Balaban J connectivity index is 1.67. The maximum atomic E-state index is 14.0. The largest absolute Gasteiger partial charge is 0.478 e. The molecule has 0 aliphatic carbocycles. The maximum Gasteiger partial charge on any atom is 0.338 e. The first-order valence-electron chi connectivity index (χ1n) is 13.8. The molecule has 1 atom stereocenters. The Morgan fingerprint density at radius 1 is 1.10 bits per heavy atom. The van der Waals surface area contributed by atoms with Gasteiger partial charge in [-0.25, -0.2) is 14.6 Å². The zero-order chi connectivity index (χ0) is 30.3. The summed E-state index contributed by atoms with van der Waals surface area (Å²) in [4.78, 5) is 43.9. The molecule has 1 aliphatic heterocycles. The van der Waals surface area contributed by atoms with Gasteiger partial charge >= 0.3 is 11.9 Å². The van der Waals surface area contributed by atoms with Crippen LogP contribution in [0.3, 0.4) is 0 Å².